The molecule has 0 atom stereocenters. The number of rotatable bonds is 3. The largest absolute Gasteiger partial charge is 0.397 e. The fourth-order valence-electron chi connectivity index (χ4n) is 2.43. The van der Waals surface area contributed by atoms with Gasteiger partial charge in [0.05, 0.1) is 17.5 Å². The van der Waals surface area contributed by atoms with Crippen LogP contribution in [0.15, 0.2) is 18.3 Å². The van der Waals surface area contributed by atoms with Gasteiger partial charge in [0.25, 0.3) is 5.91 Å². The summed E-state index contributed by atoms with van der Waals surface area (Å²) in [5.74, 6) is -0.185. The topological polar surface area (TPSA) is 79.5 Å². The molecule has 2 rings (SSSR count). The van der Waals surface area contributed by atoms with Crippen LogP contribution in [-0.2, 0) is 0 Å². The van der Waals surface area contributed by atoms with Crippen LogP contribution in [0.1, 0.15) is 36.2 Å². The summed E-state index contributed by atoms with van der Waals surface area (Å²) in [6.45, 7) is 0.359. The minimum absolute atomic E-state index is 0.185. The number of anilines is 1. The predicted octanol–water partition coefficient (Wildman–Crippen LogP) is 1.04. The van der Waals surface area contributed by atoms with Crippen LogP contribution in [0.3, 0.4) is 0 Å². The summed E-state index contributed by atoms with van der Waals surface area (Å²) in [4.78, 5) is 17.6. The lowest BCUT2D eigenvalue weighted by molar-refractivity contribution is 0.0155. The van der Waals surface area contributed by atoms with E-state index in [-0.39, 0.29) is 5.91 Å². The lowest BCUT2D eigenvalue weighted by atomic mass is 10.0. The Morgan fingerprint density at radius 1 is 1.50 bits per heavy atom. The summed E-state index contributed by atoms with van der Waals surface area (Å²) >= 11 is 0. The van der Waals surface area contributed by atoms with Gasteiger partial charge < -0.3 is 15.7 Å². The van der Waals surface area contributed by atoms with E-state index < -0.39 is 5.60 Å². The van der Waals surface area contributed by atoms with E-state index in [2.05, 4.69) is 4.98 Å². The van der Waals surface area contributed by atoms with E-state index in [4.69, 9.17) is 5.73 Å². The molecule has 1 heterocycles. The average Bonchev–Trinajstić information content (AvgIpc) is 2.76. The monoisotopic (exact) mass is 249 g/mol. The Balaban J connectivity index is 2.02. The smallest absolute Gasteiger partial charge is 0.272 e. The molecule has 1 aromatic heterocycles. The van der Waals surface area contributed by atoms with Crippen molar-refractivity contribution in [1.82, 2.24) is 9.88 Å². The second kappa shape index (κ2) is 4.94. The van der Waals surface area contributed by atoms with Crippen LogP contribution in [0.2, 0.25) is 0 Å². The van der Waals surface area contributed by atoms with Crippen molar-refractivity contribution in [2.24, 2.45) is 0 Å². The van der Waals surface area contributed by atoms with Crippen molar-refractivity contribution < 1.29 is 9.90 Å². The highest BCUT2D eigenvalue weighted by Crippen LogP contribution is 2.30. The van der Waals surface area contributed by atoms with E-state index in [1.807, 2.05) is 0 Å². The fourth-order valence-corrected chi connectivity index (χ4v) is 2.43. The van der Waals surface area contributed by atoms with Crippen LogP contribution in [-0.4, -0.2) is 40.1 Å². The lowest BCUT2D eigenvalue weighted by Crippen LogP contribution is -2.42. The average molecular weight is 249 g/mol. The Hall–Kier alpha value is -1.62. The van der Waals surface area contributed by atoms with Crippen LogP contribution < -0.4 is 5.73 Å². The van der Waals surface area contributed by atoms with Gasteiger partial charge in [0.15, 0.2) is 0 Å². The number of aliphatic hydroxyl groups is 1. The van der Waals surface area contributed by atoms with Crippen molar-refractivity contribution in [1.29, 1.82) is 0 Å². The Labute approximate surface area is 107 Å². The molecule has 98 valence electrons. The first-order valence-corrected chi connectivity index (χ1v) is 6.20. The molecule has 1 aliphatic rings. The number of carbonyl (C=O) groups excluding carboxylic acids is 1. The fraction of sp³-hybridized carbons (Fsp3) is 0.538. The van der Waals surface area contributed by atoms with Gasteiger partial charge in [-0.2, -0.15) is 0 Å². The van der Waals surface area contributed by atoms with Crippen molar-refractivity contribution in [3.8, 4) is 0 Å². The molecule has 5 nitrogen and oxygen atoms in total. The summed E-state index contributed by atoms with van der Waals surface area (Å²) in [5.41, 5.74) is 5.69. The second-order valence-electron chi connectivity index (χ2n) is 5.07. The molecule has 1 saturated carbocycles. The molecular weight excluding hydrogens is 230 g/mol. The van der Waals surface area contributed by atoms with Gasteiger partial charge in [-0.3, -0.25) is 4.79 Å². The molecule has 0 unspecified atom stereocenters. The molecule has 1 aliphatic carbocycles. The number of nitrogens with zero attached hydrogens (tertiary/aromatic N) is 2. The van der Waals surface area contributed by atoms with E-state index in [1.54, 1.807) is 19.2 Å². The molecule has 0 radical (unpaired) electrons. The molecule has 3 N–H and O–H groups in total. The minimum Gasteiger partial charge on any atom is -0.397 e. The molecule has 0 spiro atoms. The third kappa shape index (κ3) is 2.79. The molecule has 0 aromatic carbocycles. The zero-order valence-electron chi connectivity index (χ0n) is 10.6. The summed E-state index contributed by atoms with van der Waals surface area (Å²) < 4.78 is 0. The maximum Gasteiger partial charge on any atom is 0.272 e. The Kier molecular flexibility index (Phi) is 3.52. The van der Waals surface area contributed by atoms with E-state index in [0.29, 0.717) is 17.9 Å². The van der Waals surface area contributed by atoms with Gasteiger partial charge in [-0.05, 0) is 25.0 Å². The van der Waals surface area contributed by atoms with Crippen LogP contribution >= 0.6 is 0 Å². The SMILES string of the molecule is CN(CC1(O)CCCC1)C(=O)c1ccc(N)cn1. The van der Waals surface area contributed by atoms with Gasteiger partial charge >= 0.3 is 0 Å². The first-order valence-electron chi connectivity index (χ1n) is 6.20. The normalized spacial score (nSPS) is 17.7. The summed E-state index contributed by atoms with van der Waals surface area (Å²) in [6, 6.07) is 3.26. The summed E-state index contributed by atoms with van der Waals surface area (Å²) in [6.07, 6.45) is 5.04. The number of aromatic nitrogens is 1. The van der Waals surface area contributed by atoms with Crippen molar-refractivity contribution in [3.05, 3.63) is 24.0 Å². The third-order valence-corrected chi connectivity index (χ3v) is 3.42. The minimum atomic E-state index is -0.724. The standard InChI is InChI=1S/C13H19N3O2/c1-16(9-13(18)6-2-3-7-13)12(17)11-5-4-10(14)8-15-11/h4-5,8,18H,2-3,6-7,9,14H2,1H3. The van der Waals surface area contributed by atoms with Gasteiger partial charge in [0.1, 0.15) is 5.69 Å². The van der Waals surface area contributed by atoms with Gasteiger partial charge in [-0.25, -0.2) is 4.98 Å². The number of nitrogen functional groups attached to an aromatic ring is 1. The predicted molar refractivity (Wildman–Crippen MR) is 69.0 cm³/mol. The van der Waals surface area contributed by atoms with Crippen molar-refractivity contribution in [2.45, 2.75) is 31.3 Å². The molecular formula is C13H19N3O2. The first kappa shape index (κ1) is 12.8. The maximum atomic E-state index is 12.1. The van der Waals surface area contributed by atoms with Crippen LogP contribution in [0, 0.1) is 0 Å². The maximum absolute atomic E-state index is 12.1. The summed E-state index contributed by atoms with van der Waals surface area (Å²) in [7, 11) is 1.69. The Bertz CT molecular complexity index is 424. The van der Waals surface area contributed by atoms with Gasteiger partial charge in [0.2, 0.25) is 0 Å². The number of likely N-dealkylation sites (N-methyl/N-ethyl adjacent to an activating group) is 1. The molecule has 0 aliphatic heterocycles. The van der Waals surface area contributed by atoms with Crippen molar-refractivity contribution in [2.75, 3.05) is 19.3 Å². The van der Waals surface area contributed by atoms with E-state index in [0.717, 1.165) is 25.7 Å². The highest BCUT2D eigenvalue weighted by atomic mass is 16.3. The molecule has 18 heavy (non-hydrogen) atoms. The second-order valence-corrected chi connectivity index (χ2v) is 5.07. The van der Waals surface area contributed by atoms with Gasteiger partial charge in [-0.15, -0.1) is 0 Å². The Morgan fingerprint density at radius 3 is 2.72 bits per heavy atom. The van der Waals surface area contributed by atoms with Crippen molar-refractivity contribution >= 4 is 11.6 Å². The summed E-state index contributed by atoms with van der Waals surface area (Å²) in [5, 5.41) is 10.3. The number of amides is 1. The highest BCUT2D eigenvalue weighted by molar-refractivity contribution is 5.92. The van der Waals surface area contributed by atoms with Gasteiger partial charge in [0, 0.05) is 13.6 Å². The van der Waals surface area contributed by atoms with E-state index >= 15 is 0 Å². The molecule has 0 bridgehead atoms. The molecule has 1 amide bonds. The number of pyridine rings is 1. The number of hydrogen-bond donors (Lipinski definition) is 2. The quantitative estimate of drug-likeness (QED) is 0.839. The van der Waals surface area contributed by atoms with Crippen LogP contribution in [0.5, 0.6) is 0 Å². The van der Waals surface area contributed by atoms with E-state index in [1.165, 1.54) is 11.1 Å². The van der Waals surface area contributed by atoms with Crippen LogP contribution in [0.4, 0.5) is 5.69 Å². The molecule has 5 heteroatoms. The number of hydrogen-bond acceptors (Lipinski definition) is 4. The van der Waals surface area contributed by atoms with E-state index in [9.17, 15) is 9.90 Å². The first-order chi connectivity index (χ1) is 8.50. The molecule has 0 saturated heterocycles. The number of nitrogens with two attached hydrogens (primary N) is 1. The molecule has 1 aromatic rings. The highest BCUT2D eigenvalue weighted by Gasteiger charge is 2.33. The Morgan fingerprint density at radius 2 is 2.17 bits per heavy atom. The zero-order chi connectivity index (χ0) is 13.2. The zero-order valence-corrected chi connectivity index (χ0v) is 10.6. The third-order valence-electron chi connectivity index (χ3n) is 3.42. The lowest BCUT2D eigenvalue weighted by Gasteiger charge is -2.28. The molecule has 1 fully saturated rings. The van der Waals surface area contributed by atoms with Crippen molar-refractivity contribution in [3.63, 3.8) is 0 Å². The van der Waals surface area contributed by atoms with Gasteiger partial charge in [-0.1, -0.05) is 12.8 Å². The number of carbonyl (C=O) groups is 1. The van der Waals surface area contributed by atoms with Crippen LogP contribution in [0.25, 0.3) is 0 Å².